The summed E-state index contributed by atoms with van der Waals surface area (Å²) in [4.78, 5) is 25.9. The predicted molar refractivity (Wildman–Crippen MR) is 136 cm³/mol. The number of pyridine rings is 1. The second-order valence-electron chi connectivity index (χ2n) is 9.93. The van der Waals surface area contributed by atoms with E-state index < -0.39 is 24.1 Å². The van der Waals surface area contributed by atoms with Crippen LogP contribution in [0.2, 0.25) is 0 Å². The van der Waals surface area contributed by atoms with Gasteiger partial charge in [-0.15, -0.1) is 0 Å². The van der Waals surface area contributed by atoms with Crippen LogP contribution in [0.3, 0.4) is 0 Å². The Morgan fingerprint density at radius 3 is 2.58 bits per heavy atom. The molecule has 2 atom stereocenters. The monoisotopic (exact) mass is 527 g/mol. The molecule has 0 bridgehead atoms. The van der Waals surface area contributed by atoms with Crippen molar-refractivity contribution in [1.82, 2.24) is 19.4 Å². The molecule has 1 amide bonds. The molecular formula is C27H31F2N5O4. The van der Waals surface area contributed by atoms with E-state index in [1.165, 1.54) is 11.1 Å². The molecule has 2 N–H and O–H groups in total. The molecule has 1 aliphatic carbocycles. The minimum Gasteiger partial charge on any atom is -0.477 e. The average molecular weight is 528 g/mol. The first kappa shape index (κ1) is 26.1. The van der Waals surface area contributed by atoms with Gasteiger partial charge in [0.15, 0.2) is 11.5 Å². The third kappa shape index (κ3) is 4.83. The third-order valence-corrected chi connectivity index (χ3v) is 6.87. The van der Waals surface area contributed by atoms with E-state index in [0.717, 1.165) is 5.56 Å². The molecule has 2 aliphatic rings. The molecule has 1 aromatic carbocycles. The minimum absolute atomic E-state index is 0.129. The van der Waals surface area contributed by atoms with Crippen molar-refractivity contribution in [2.45, 2.75) is 51.6 Å². The van der Waals surface area contributed by atoms with Gasteiger partial charge in [0.2, 0.25) is 12.2 Å². The zero-order chi connectivity index (χ0) is 27.0. The molecular weight excluding hydrogens is 496 g/mol. The number of fused-ring (bicyclic) bond motifs is 1. The Balaban J connectivity index is 1.64. The number of alkyl halides is 2. The number of hydrogen-bond acceptors (Lipinski definition) is 7. The van der Waals surface area contributed by atoms with Gasteiger partial charge >= 0.3 is 0 Å². The zero-order valence-electron chi connectivity index (χ0n) is 21.3. The first-order valence-corrected chi connectivity index (χ1v) is 12.7. The summed E-state index contributed by atoms with van der Waals surface area (Å²) >= 11 is 0. The van der Waals surface area contributed by atoms with Crippen LogP contribution in [0.4, 0.5) is 14.6 Å². The number of hydrogen-bond donors (Lipinski definition) is 2. The molecule has 5 rings (SSSR count). The van der Waals surface area contributed by atoms with Crippen LogP contribution in [0, 0.1) is 5.92 Å². The number of benzene rings is 1. The fraction of sp³-hybridized carbons (Fsp3) is 0.444. The smallest absolute Gasteiger partial charge is 0.277 e. The maximum Gasteiger partial charge on any atom is 0.277 e. The largest absolute Gasteiger partial charge is 0.477 e. The lowest BCUT2D eigenvalue weighted by molar-refractivity contribution is -0.00459. The van der Waals surface area contributed by atoms with Crippen LogP contribution in [0.1, 0.15) is 42.7 Å². The Kier molecular flexibility index (Phi) is 7.06. The summed E-state index contributed by atoms with van der Waals surface area (Å²) in [6.45, 7) is 3.91. The van der Waals surface area contributed by atoms with Crippen LogP contribution in [0.15, 0.2) is 48.7 Å². The molecule has 2 aromatic heterocycles. The van der Waals surface area contributed by atoms with Crippen LogP contribution >= 0.6 is 0 Å². The van der Waals surface area contributed by atoms with Crippen LogP contribution in [-0.4, -0.2) is 73.6 Å². The minimum atomic E-state index is -2.72. The topological polar surface area (TPSA) is 104 Å². The van der Waals surface area contributed by atoms with Crippen LogP contribution in [-0.2, 0) is 6.54 Å². The molecule has 38 heavy (non-hydrogen) atoms. The van der Waals surface area contributed by atoms with Crippen molar-refractivity contribution < 1.29 is 28.5 Å². The van der Waals surface area contributed by atoms with Gasteiger partial charge in [0.05, 0.1) is 18.1 Å². The second kappa shape index (κ2) is 10.3. The third-order valence-electron chi connectivity index (χ3n) is 6.87. The Morgan fingerprint density at radius 1 is 1.18 bits per heavy atom. The molecule has 1 aliphatic heterocycles. The highest BCUT2D eigenvalue weighted by Crippen LogP contribution is 2.49. The molecule has 1 unspecified atom stereocenters. The van der Waals surface area contributed by atoms with Gasteiger partial charge in [-0.2, -0.15) is 0 Å². The Morgan fingerprint density at radius 2 is 1.92 bits per heavy atom. The number of carbonyl (C=O) groups is 1. The van der Waals surface area contributed by atoms with E-state index in [2.05, 4.69) is 4.98 Å². The van der Waals surface area contributed by atoms with Crippen molar-refractivity contribution in [3.63, 3.8) is 0 Å². The van der Waals surface area contributed by atoms with Crippen molar-refractivity contribution >= 4 is 11.7 Å². The van der Waals surface area contributed by atoms with Gasteiger partial charge in [-0.05, 0) is 38.0 Å². The number of anilines is 1. The van der Waals surface area contributed by atoms with Crippen LogP contribution < -0.4 is 9.64 Å². The summed E-state index contributed by atoms with van der Waals surface area (Å²) in [6, 6.07) is 12.7. The molecule has 11 heteroatoms. The first-order valence-electron chi connectivity index (χ1n) is 12.7. The highest BCUT2D eigenvalue weighted by molar-refractivity contribution is 6.00. The normalized spacial score (nSPS) is 20.1. The molecule has 0 radical (unpaired) electrons. The number of aliphatic hydroxyl groups is 2. The summed E-state index contributed by atoms with van der Waals surface area (Å²) < 4.78 is 34.5. The van der Waals surface area contributed by atoms with E-state index in [4.69, 9.17) is 9.72 Å². The summed E-state index contributed by atoms with van der Waals surface area (Å²) in [6.07, 6.45) is 0.332. The average Bonchev–Trinajstić information content (AvgIpc) is 3.35. The maximum absolute atomic E-state index is 13.8. The summed E-state index contributed by atoms with van der Waals surface area (Å²) in [5, 5.41) is 20.5. The number of ether oxygens (including phenoxy) is 1. The first-order chi connectivity index (χ1) is 18.2. The SMILES string of the molecule is CC(C)N1c2nc(-c3cccnc3OC[C@H]3CC3(F)F)n(Cc3ccccc3)c2C(=O)N(CCCO)C1O. The van der Waals surface area contributed by atoms with E-state index >= 15 is 0 Å². The van der Waals surface area contributed by atoms with E-state index in [1.807, 2.05) is 44.2 Å². The molecule has 3 heterocycles. The van der Waals surface area contributed by atoms with Gasteiger partial charge in [0, 0.05) is 38.4 Å². The van der Waals surface area contributed by atoms with Crippen molar-refractivity contribution in [2.24, 2.45) is 5.92 Å². The fourth-order valence-corrected chi connectivity index (χ4v) is 4.73. The molecule has 1 saturated carbocycles. The summed E-state index contributed by atoms with van der Waals surface area (Å²) in [5.74, 6) is -3.17. The second-order valence-corrected chi connectivity index (χ2v) is 9.93. The van der Waals surface area contributed by atoms with Crippen LogP contribution in [0.25, 0.3) is 11.4 Å². The molecule has 202 valence electrons. The molecule has 1 fully saturated rings. The maximum atomic E-state index is 13.8. The van der Waals surface area contributed by atoms with Gasteiger partial charge in [0.25, 0.3) is 11.8 Å². The van der Waals surface area contributed by atoms with Gasteiger partial charge in [-0.3, -0.25) is 9.69 Å². The van der Waals surface area contributed by atoms with E-state index in [1.54, 1.807) is 21.6 Å². The number of aliphatic hydroxyl groups excluding tert-OH is 2. The van der Waals surface area contributed by atoms with Gasteiger partial charge in [-0.25, -0.2) is 18.7 Å². The Labute approximate surface area is 219 Å². The lowest BCUT2D eigenvalue weighted by Gasteiger charge is -2.42. The quantitative estimate of drug-likeness (QED) is 0.417. The Bertz CT molecular complexity index is 1300. The standard InChI is InChI=1S/C27H31F2N5O4/c1-17(2)34-23-21(25(36)32(26(34)37)12-7-13-35)33(15-18-8-4-3-5-9-18)22(31-23)20-10-6-11-30-24(20)38-16-19-14-27(19,28)29/h3-6,8-11,17,19,26,35,37H,7,12-16H2,1-2H3/t19-,26?/m1/s1. The Hall–Kier alpha value is -3.57. The summed E-state index contributed by atoms with van der Waals surface area (Å²) in [7, 11) is 0. The van der Waals surface area contributed by atoms with E-state index in [-0.39, 0.29) is 50.3 Å². The number of aromatic nitrogens is 3. The number of halogens is 2. The molecule has 9 nitrogen and oxygen atoms in total. The van der Waals surface area contributed by atoms with Gasteiger partial charge < -0.3 is 24.4 Å². The molecule has 0 saturated heterocycles. The van der Waals surface area contributed by atoms with E-state index in [9.17, 15) is 23.8 Å². The number of rotatable bonds is 10. The highest BCUT2D eigenvalue weighted by atomic mass is 19.3. The predicted octanol–water partition coefficient (Wildman–Crippen LogP) is 3.36. The van der Waals surface area contributed by atoms with Gasteiger partial charge in [-0.1, -0.05) is 30.3 Å². The molecule has 3 aromatic rings. The number of amides is 1. The number of imidazole rings is 1. The van der Waals surface area contributed by atoms with Crippen molar-refractivity contribution in [3.8, 4) is 17.3 Å². The zero-order valence-corrected chi connectivity index (χ0v) is 21.3. The number of nitrogens with zero attached hydrogens (tertiary/aromatic N) is 5. The molecule has 0 spiro atoms. The highest BCUT2D eigenvalue weighted by Gasteiger charge is 2.57. The van der Waals surface area contributed by atoms with Crippen LogP contribution in [0.5, 0.6) is 5.88 Å². The lowest BCUT2D eigenvalue weighted by atomic mass is 10.1. The van der Waals surface area contributed by atoms with E-state index in [0.29, 0.717) is 23.6 Å². The summed E-state index contributed by atoms with van der Waals surface area (Å²) in [5.41, 5.74) is 1.65. The van der Waals surface area contributed by atoms with Crippen molar-refractivity contribution in [3.05, 3.63) is 59.9 Å². The fourth-order valence-electron chi connectivity index (χ4n) is 4.73. The van der Waals surface area contributed by atoms with Crippen molar-refractivity contribution in [2.75, 3.05) is 24.7 Å². The lowest BCUT2D eigenvalue weighted by Crippen LogP contribution is -2.58. The number of carbonyl (C=O) groups excluding carboxylic acids is 1. The van der Waals surface area contributed by atoms with Crippen molar-refractivity contribution in [1.29, 1.82) is 0 Å². The van der Waals surface area contributed by atoms with Gasteiger partial charge in [0.1, 0.15) is 5.82 Å².